The van der Waals surface area contributed by atoms with Gasteiger partial charge in [0.1, 0.15) is 12.4 Å². The lowest BCUT2D eigenvalue weighted by atomic mass is 10.1. The third kappa shape index (κ3) is 6.29. The first-order valence-electron chi connectivity index (χ1n) is 12.7. The summed E-state index contributed by atoms with van der Waals surface area (Å²) in [5.74, 6) is 1.49. The van der Waals surface area contributed by atoms with Crippen LogP contribution in [0, 0.1) is 0 Å². The Hall–Kier alpha value is -3.26. The Morgan fingerprint density at radius 3 is 2.64 bits per heavy atom. The number of nitrogens with zero attached hydrogens (tertiary/aromatic N) is 4. The van der Waals surface area contributed by atoms with Crippen LogP contribution in [0.1, 0.15) is 24.0 Å². The number of benzene rings is 2. The van der Waals surface area contributed by atoms with E-state index in [0.29, 0.717) is 39.0 Å². The molecule has 1 fully saturated rings. The highest BCUT2D eigenvalue weighted by molar-refractivity contribution is 5.64. The van der Waals surface area contributed by atoms with E-state index in [1.54, 1.807) is 6.20 Å². The average molecular weight is 487 g/mol. The summed E-state index contributed by atoms with van der Waals surface area (Å²) in [6.45, 7) is 6.01. The topological polar surface area (TPSA) is 60.0 Å². The number of hydrogen-bond donors (Lipinski definition) is 0. The fraction of sp³-hybridized carbons (Fsp3) is 0.379. The summed E-state index contributed by atoms with van der Waals surface area (Å²) in [6, 6.07) is 16.4. The second kappa shape index (κ2) is 12.1. The van der Waals surface area contributed by atoms with Crippen LogP contribution in [0.3, 0.4) is 0 Å². The molecule has 3 heterocycles. The lowest BCUT2D eigenvalue weighted by molar-refractivity contribution is 0.138. The normalized spacial score (nSPS) is 17.9. The quantitative estimate of drug-likeness (QED) is 0.482. The van der Waals surface area contributed by atoms with Gasteiger partial charge in [0.05, 0.1) is 32.1 Å². The number of fused-ring (bicyclic) bond motifs is 7. The second-order valence-electron chi connectivity index (χ2n) is 9.19. The molecule has 0 amide bonds. The van der Waals surface area contributed by atoms with Gasteiger partial charge in [-0.15, -0.1) is 0 Å². The lowest BCUT2D eigenvalue weighted by Crippen LogP contribution is -2.25. The van der Waals surface area contributed by atoms with E-state index in [-0.39, 0.29) is 0 Å². The summed E-state index contributed by atoms with van der Waals surface area (Å²) in [4.78, 5) is 13.9. The first-order chi connectivity index (χ1) is 17.8. The molecular formula is C29H34N4O3. The monoisotopic (exact) mass is 486 g/mol. The zero-order valence-corrected chi connectivity index (χ0v) is 20.9. The molecule has 2 aliphatic rings. The van der Waals surface area contributed by atoms with Gasteiger partial charge in [0, 0.05) is 36.6 Å². The highest BCUT2D eigenvalue weighted by atomic mass is 16.5. The van der Waals surface area contributed by atoms with E-state index in [9.17, 15) is 0 Å². The van der Waals surface area contributed by atoms with Gasteiger partial charge in [-0.25, -0.2) is 9.97 Å². The largest absolute Gasteiger partial charge is 0.492 e. The number of rotatable bonds is 4. The van der Waals surface area contributed by atoms with E-state index in [1.165, 1.54) is 25.9 Å². The Kier molecular flexibility index (Phi) is 8.23. The van der Waals surface area contributed by atoms with Crippen LogP contribution in [0.15, 0.2) is 66.9 Å². The summed E-state index contributed by atoms with van der Waals surface area (Å²) < 4.78 is 18.0. The molecule has 0 radical (unpaired) electrons. The third-order valence-electron chi connectivity index (χ3n) is 6.58. The van der Waals surface area contributed by atoms with Gasteiger partial charge in [-0.3, -0.25) is 4.90 Å². The standard InChI is InChI=1S/C29H34N4O3/c1-32-26-9-10-28(36-18-15-33-13-2-3-14-33)25(20-26)22-35-17-5-4-16-34-21-23-7-6-8-24(19-23)27-11-12-30-29(32)31-27/h4-12,19-20H,2-3,13-18,21-22H2,1H3/b5-4+. The minimum Gasteiger partial charge on any atom is -0.492 e. The van der Waals surface area contributed by atoms with Crippen molar-refractivity contribution in [1.29, 1.82) is 0 Å². The lowest BCUT2D eigenvalue weighted by Gasteiger charge is -2.21. The summed E-state index contributed by atoms with van der Waals surface area (Å²) in [5.41, 5.74) is 5.02. The first kappa shape index (κ1) is 24.4. The van der Waals surface area contributed by atoms with Crippen LogP contribution >= 0.6 is 0 Å². The van der Waals surface area contributed by atoms with Gasteiger partial charge in [0.15, 0.2) is 0 Å². The van der Waals surface area contributed by atoms with Crippen molar-refractivity contribution in [2.45, 2.75) is 26.1 Å². The minimum absolute atomic E-state index is 0.456. The molecule has 0 saturated carbocycles. The minimum atomic E-state index is 0.456. The van der Waals surface area contributed by atoms with Crippen molar-refractivity contribution in [2.24, 2.45) is 0 Å². The smallest absolute Gasteiger partial charge is 0.230 e. The molecule has 7 heteroatoms. The van der Waals surface area contributed by atoms with Gasteiger partial charge in [0.2, 0.25) is 5.95 Å². The number of anilines is 2. The van der Waals surface area contributed by atoms with Gasteiger partial charge in [-0.1, -0.05) is 30.4 Å². The first-order valence-corrected chi connectivity index (χ1v) is 12.7. The summed E-state index contributed by atoms with van der Waals surface area (Å²) in [6.07, 6.45) is 8.38. The van der Waals surface area contributed by atoms with Crippen LogP contribution in [0.4, 0.5) is 11.6 Å². The van der Waals surface area contributed by atoms with Gasteiger partial charge < -0.3 is 19.1 Å². The molecular weight excluding hydrogens is 452 g/mol. The maximum Gasteiger partial charge on any atom is 0.230 e. The fourth-order valence-corrected chi connectivity index (χ4v) is 4.54. The van der Waals surface area contributed by atoms with Gasteiger partial charge in [-0.05, 0) is 61.8 Å². The predicted octanol–water partition coefficient (Wildman–Crippen LogP) is 4.99. The van der Waals surface area contributed by atoms with Crippen LogP contribution in [-0.2, 0) is 22.7 Å². The summed E-state index contributed by atoms with van der Waals surface area (Å²) >= 11 is 0. The highest BCUT2D eigenvalue weighted by Gasteiger charge is 2.15. The highest BCUT2D eigenvalue weighted by Crippen LogP contribution is 2.29. The van der Waals surface area contributed by atoms with E-state index in [4.69, 9.17) is 19.2 Å². The van der Waals surface area contributed by atoms with E-state index in [2.05, 4.69) is 40.2 Å². The summed E-state index contributed by atoms with van der Waals surface area (Å²) in [7, 11) is 1.98. The molecule has 188 valence electrons. The van der Waals surface area contributed by atoms with Crippen molar-refractivity contribution < 1.29 is 14.2 Å². The molecule has 36 heavy (non-hydrogen) atoms. The number of ether oxygens (including phenoxy) is 3. The molecule has 0 spiro atoms. The zero-order chi connectivity index (χ0) is 24.6. The molecule has 3 aromatic rings. The Morgan fingerprint density at radius 2 is 1.78 bits per heavy atom. The van der Waals surface area contributed by atoms with Gasteiger partial charge in [0.25, 0.3) is 0 Å². The molecule has 7 nitrogen and oxygen atoms in total. The van der Waals surface area contributed by atoms with Crippen molar-refractivity contribution in [3.63, 3.8) is 0 Å². The van der Waals surface area contributed by atoms with E-state index in [1.807, 2.05) is 42.3 Å². The van der Waals surface area contributed by atoms with Crippen LogP contribution < -0.4 is 9.64 Å². The maximum atomic E-state index is 6.21. The van der Waals surface area contributed by atoms with Crippen molar-refractivity contribution in [3.8, 4) is 17.0 Å². The predicted molar refractivity (Wildman–Crippen MR) is 142 cm³/mol. The molecule has 2 aromatic carbocycles. The number of aromatic nitrogens is 2. The Morgan fingerprint density at radius 1 is 0.944 bits per heavy atom. The van der Waals surface area contributed by atoms with Crippen molar-refractivity contribution >= 4 is 11.6 Å². The molecule has 2 aliphatic heterocycles. The van der Waals surface area contributed by atoms with Gasteiger partial charge in [-0.2, -0.15) is 0 Å². The van der Waals surface area contributed by atoms with Crippen LogP contribution in [0.2, 0.25) is 0 Å². The van der Waals surface area contributed by atoms with Crippen LogP contribution in [-0.4, -0.2) is 61.4 Å². The Bertz CT molecular complexity index is 1180. The van der Waals surface area contributed by atoms with Crippen LogP contribution in [0.25, 0.3) is 11.3 Å². The molecule has 6 bridgehead atoms. The van der Waals surface area contributed by atoms with Crippen molar-refractivity contribution in [2.75, 3.05) is 51.4 Å². The van der Waals surface area contributed by atoms with Gasteiger partial charge >= 0.3 is 0 Å². The van der Waals surface area contributed by atoms with E-state index in [0.717, 1.165) is 40.4 Å². The van der Waals surface area contributed by atoms with Crippen LogP contribution in [0.5, 0.6) is 5.75 Å². The molecule has 1 aromatic heterocycles. The average Bonchev–Trinajstić information content (AvgIpc) is 3.44. The second-order valence-corrected chi connectivity index (χ2v) is 9.19. The zero-order valence-electron chi connectivity index (χ0n) is 20.9. The molecule has 0 aliphatic carbocycles. The Labute approximate surface area is 213 Å². The van der Waals surface area contributed by atoms with Crippen molar-refractivity contribution in [3.05, 3.63) is 78.0 Å². The SMILES string of the molecule is CN1c2ccc(OCCN3CCCC3)c(c2)COC/C=C/COCc2cccc(c2)-c2ccnc1n2. The molecule has 0 N–H and O–H groups in total. The maximum absolute atomic E-state index is 6.21. The third-order valence-corrected chi connectivity index (χ3v) is 6.58. The van der Waals surface area contributed by atoms with E-state index >= 15 is 0 Å². The molecule has 0 unspecified atom stereocenters. The summed E-state index contributed by atoms with van der Waals surface area (Å²) in [5, 5.41) is 0. The molecule has 5 rings (SSSR count). The fourth-order valence-electron chi connectivity index (χ4n) is 4.54. The number of likely N-dealkylation sites (tertiary alicyclic amines) is 1. The van der Waals surface area contributed by atoms with Crippen molar-refractivity contribution in [1.82, 2.24) is 14.9 Å². The Balaban J connectivity index is 1.41. The molecule has 1 saturated heterocycles. The number of hydrogen-bond acceptors (Lipinski definition) is 7. The van der Waals surface area contributed by atoms with E-state index < -0.39 is 0 Å². The molecule has 0 atom stereocenters.